The Hall–Kier alpha value is -0.570. The van der Waals surface area contributed by atoms with Crippen LogP contribution in [0.3, 0.4) is 0 Å². The molecule has 1 aliphatic carbocycles. The number of carbonyl (C=O) groups excluding carboxylic acids is 1. The Balaban J connectivity index is 2.37. The molecule has 0 atom stereocenters. The maximum atomic E-state index is 10.5. The lowest BCUT2D eigenvalue weighted by atomic mass is 10.2. The van der Waals surface area contributed by atoms with E-state index in [-0.39, 0.29) is 5.60 Å². The maximum absolute atomic E-state index is 10.5. The Labute approximate surface area is 67.3 Å². The smallest absolute Gasteiger partial charge is 0.233 e. The third-order valence-corrected chi connectivity index (χ3v) is 1.39. The van der Waals surface area contributed by atoms with Crippen molar-refractivity contribution in [2.24, 2.45) is 0 Å². The number of hydrogen-bond donors (Lipinski definition) is 0. The van der Waals surface area contributed by atoms with Crippen LogP contribution >= 0.6 is 0 Å². The molecular formula is C8H15NO2. The first-order chi connectivity index (χ1) is 5.03. The van der Waals surface area contributed by atoms with Gasteiger partial charge in [0.15, 0.2) is 0 Å². The fraction of sp³-hybridized carbons (Fsp3) is 0.875. The standard InChI is InChI=1S/C8H15NO2/c1-8(2,3)11-9(6-10)7-4-5-7/h6-7H,4-5H2,1-3H3. The summed E-state index contributed by atoms with van der Waals surface area (Å²) in [5, 5.41) is 1.43. The molecule has 1 saturated carbocycles. The third-order valence-electron chi connectivity index (χ3n) is 1.39. The summed E-state index contributed by atoms with van der Waals surface area (Å²) in [5.74, 6) is 0. The van der Waals surface area contributed by atoms with E-state index in [4.69, 9.17) is 4.84 Å². The first kappa shape index (κ1) is 8.53. The van der Waals surface area contributed by atoms with Crippen molar-refractivity contribution in [1.29, 1.82) is 0 Å². The van der Waals surface area contributed by atoms with E-state index in [1.807, 2.05) is 20.8 Å². The van der Waals surface area contributed by atoms with E-state index >= 15 is 0 Å². The van der Waals surface area contributed by atoms with Crippen LogP contribution < -0.4 is 0 Å². The Morgan fingerprint density at radius 2 is 2.00 bits per heavy atom. The van der Waals surface area contributed by atoms with Crippen molar-refractivity contribution in [3.05, 3.63) is 0 Å². The molecule has 0 saturated heterocycles. The minimum atomic E-state index is -0.260. The Morgan fingerprint density at radius 3 is 2.27 bits per heavy atom. The van der Waals surface area contributed by atoms with Gasteiger partial charge in [0.05, 0.1) is 11.6 Å². The van der Waals surface area contributed by atoms with Crippen LogP contribution in [0.2, 0.25) is 0 Å². The lowest BCUT2D eigenvalue weighted by Gasteiger charge is -2.26. The highest BCUT2D eigenvalue weighted by Gasteiger charge is 2.31. The molecule has 0 N–H and O–H groups in total. The molecule has 0 heterocycles. The van der Waals surface area contributed by atoms with E-state index in [1.165, 1.54) is 5.06 Å². The predicted octanol–water partition coefficient (Wildman–Crippen LogP) is 1.34. The Kier molecular flexibility index (Phi) is 2.18. The molecule has 64 valence electrons. The summed E-state index contributed by atoms with van der Waals surface area (Å²) in [4.78, 5) is 15.8. The maximum Gasteiger partial charge on any atom is 0.233 e. The van der Waals surface area contributed by atoms with Crippen molar-refractivity contribution in [1.82, 2.24) is 5.06 Å². The second-order valence-electron chi connectivity index (χ2n) is 3.90. The fourth-order valence-electron chi connectivity index (χ4n) is 0.827. The molecule has 0 aromatic carbocycles. The molecule has 1 amide bonds. The fourth-order valence-corrected chi connectivity index (χ4v) is 0.827. The van der Waals surface area contributed by atoms with Crippen molar-refractivity contribution < 1.29 is 9.63 Å². The summed E-state index contributed by atoms with van der Waals surface area (Å²) in [6.07, 6.45) is 2.92. The van der Waals surface area contributed by atoms with Gasteiger partial charge in [-0.2, -0.15) is 0 Å². The summed E-state index contributed by atoms with van der Waals surface area (Å²) in [6.45, 7) is 5.81. The zero-order valence-corrected chi connectivity index (χ0v) is 7.33. The predicted molar refractivity (Wildman–Crippen MR) is 41.8 cm³/mol. The number of amides is 1. The quantitative estimate of drug-likeness (QED) is 0.457. The van der Waals surface area contributed by atoms with E-state index in [0.29, 0.717) is 6.04 Å². The number of nitrogens with zero attached hydrogens (tertiary/aromatic N) is 1. The lowest BCUT2D eigenvalue weighted by molar-refractivity contribution is -0.220. The molecule has 0 unspecified atom stereocenters. The van der Waals surface area contributed by atoms with Crippen molar-refractivity contribution in [3.63, 3.8) is 0 Å². The normalized spacial score (nSPS) is 18.1. The van der Waals surface area contributed by atoms with Crippen LogP contribution in [0.1, 0.15) is 33.6 Å². The minimum absolute atomic E-state index is 0.260. The highest BCUT2D eigenvalue weighted by Crippen LogP contribution is 2.27. The Bertz CT molecular complexity index is 147. The zero-order chi connectivity index (χ0) is 8.48. The van der Waals surface area contributed by atoms with E-state index in [1.54, 1.807) is 0 Å². The van der Waals surface area contributed by atoms with Gasteiger partial charge in [-0.15, -0.1) is 0 Å². The van der Waals surface area contributed by atoms with Gasteiger partial charge in [0.2, 0.25) is 6.41 Å². The van der Waals surface area contributed by atoms with E-state index in [2.05, 4.69) is 0 Å². The molecule has 3 nitrogen and oxygen atoms in total. The summed E-state index contributed by atoms with van der Waals surface area (Å²) in [7, 11) is 0. The first-order valence-corrected chi connectivity index (χ1v) is 3.96. The summed E-state index contributed by atoms with van der Waals surface area (Å²) in [5.41, 5.74) is -0.260. The van der Waals surface area contributed by atoms with Gasteiger partial charge in [0.25, 0.3) is 0 Å². The number of hydroxylamine groups is 2. The average molecular weight is 157 g/mol. The SMILES string of the molecule is CC(C)(C)ON(C=O)C1CC1. The summed E-state index contributed by atoms with van der Waals surface area (Å²) in [6, 6.07) is 0.340. The van der Waals surface area contributed by atoms with E-state index in [0.717, 1.165) is 19.3 Å². The Morgan fingerprint density at radius 1 is 1.45 bits per heavy atom. The van der Waals surface area contributed by atoms with Crippen LogP contribution in [0, 0.1) is 0 Å². The van der Waals surface area contributed by atoms with Crippen LogP contribution in [0.25, 0.3) is 0 Å². The summed E-state index contributed by atoms with van der Waals surface area (Å²) < 4.78 is 0. The lowest BCUT2D eigenvalue weighted by Crippen LogP contribution is -2.34. The molecule has 0 bridgehead atoms. The number of rotatable bonds is 3. The highest BCUT2D eigenvalue weighted by molar-refractivity contribution is 5.46. The monoisotopic (exact) mass is 157 g/mol. The molecule has 1 aliphatic rings. The molecule has 1 rings (SSSR count). The van der Waals surface area contributed by atoms with Gasteiger partial charge in [-0.05, 0) is 33.6 Å². The van der Waals surface area contributed by atoms with Gasteiger partial charge in [-0.3, -0.25) is 9.63 Å². The minimum Gasteiger partial charge on any atom is -0.276 e. The second kappa shape index (κ2) is 2.81. The van der Waals surface area contributed by atoms with Gasteiger partial charge in [-0.25, -0.2) is 5.06 Å². The van der Waals surface area contributed by atoms with Crippen molar-refractivity contribution in [2.45, 2.75) is 45.3 Å². The van der Waals surface area contributed by atoms with Crippen LogP contribution in [0.15, 0.2) is 0 Å². The van der Waals surface area contributed by atoms with Crippen molar-refractivity contribution >= 4 is 6.41 Å². The van der Waals surface area contributed by atoms with Crippen molar-refractivity contribution in [2.75, 3.05) is 0 Å². The van der Waals surface area contributed by atoms with Gasteiger partial charge in [0.1, 0.15) is 0 Å². The first-order valence-electron chi connectivity index (χ1n) is 3.96. The van der Waals surface area contributed by atoms with E-state index in [9.17, 15) is 4.79 Å². The molecule has 0 spiro atoms. The molecular weight excluding hydrogens is 142 g/mol. The van der Waals surface area contributed by atoms with Crippen LogP contribution in [0.4, 0.5) is 0 Å². The van der Waals surface area contributed by atoms with Gasteiger partial charge in [-0.1, -0.05) is 0 Å². The molecule has 0 radical (unpaired) electrons. The third kappa shape index (κ3) is 2.89. The average Bonchev–Trinajstić information content (AvgIpc) is 2.61. The molecule has 0 aromatic rings. The topological polar surface area (TPSA) is 29.5 Å². The molecule has 0 aliphatic heterocycles. The molecule has 3 heteroatoms. The van der Waals surface area contributed by atoms with Gasteiger partial charge >= 0.3 is 0 Å². The largest absolute Gasteiger partial charge is 0.276 e. The molecule has 0 aromatic heterocycles. The number of hydrogen-bond acceptors (Lipinski definition) is 2. The highest BCUT2D eigenvalue weighted by atomic mass is 16.7. The number of carbonyl (C=O) groups is 1. The summed E-state index contributed by atoms with van der Waals surface area (Å²) >= 11 is 0. The van der Waals surface area contributed by atoms with Gasteiger partial charge in [0, 0.05) is 0 Å². The van der Waals surface area contributed by atoms with Gasteiger partial charge < -0.3 is 0 Å². The molecule has 11 heavy (non-hydrogen) atoms. The van der Waals surface area contributed by atoms with Crippen LogP contribution in [-0.4, -0.2) is 23.1 Å². The second-order valence-corrected chi connectivity index (χ2v) is 3.90. The molecule has 1 fully saturated rings. The van der Waals surface area contributed by atoms with Crippen LogP contribution in [-0.2, 0) is 9.63 Å². The van der Waals surface area contributed by atoms with Crippen molar-refractivity contribution in [3.8, 4) is 0 Å². The van der Waals surface area contributed by atoms with E-state index < -0.39 is 0 Å². The zero-order valence-electron chi connectivity index (χ0n) is 7.33. The van der Waals surface area contributed by atoms with Crippen LogP contribution in [0.5, 0.6) is 0 Å².